The molecule has 0 unspecified atom stereocenters. The van der Waals surface area contributed by atoms with Crippen LogP contribution in [0.5, 0.6) is 0 Å². The lowest BCUT2D eigenvalue weighted by molar-refractivity contribution is -0.113. The minimum Gasteiger partial charge on any atom is -0.325 e. The summed E-state index contributed by atoms with van der Waals surface area (Å²) in [6, 6.07) is 26.7. The van der Waals surface area contributed by atoms with E-state index in [2.05, 4.69) is 15.5 Å². The fourth-order valence-electron chi connectivity index (χ4n) is 2.84. The molecule has 3 aromatic carbocycles. The Hall–Kier alpha value is -3.09. The number of halogens is 1. The molecule has 4 rings (SSSR count). The van der Waals surface area contributed by atoms with E-state index < -0.39 is 0 Å². The van der Waals surface area contributed by atoms with Gasteiger partial charge in [-0.2, -0.15) is 0 Å². The molecule has 29 heavy (non-hydrogen) atoms. The monoisotopic (exact) mass is 420 g/mol. The summed E-state index contributed by atoms with van der Waals surface area (Å²) in [5.74, 6) is 0.735. The Morgan fingerprint density at radius 3 is 2.28 bits per heavy atom. The number of hydrogen-bond donors (Lipinski definition) is 1. The molecule has 7 heteroatoms. The van der Waals surface area contributed by atoms with Gasteiger partial charge in [0.2, 0.25) is 5.91 Å². The van der Waals surface area contributed by atoms with Gasteiger partial charge in [0.05, 0.1) is 10.8 Å². The molecule has 1 amide bonds. The van der Waals surface area contributed by atoms with Crippen LogP contribution >= 0.6 is 23.4 Å². The van der Waals surface area contributed by atoms with Gasteiger partial charge in [-0.25, -0.2) is 0 Å². The van der Waals surface area contributed by atoms with Crippen molar-refractivity contribution < 1.29 is 4.79 Å². The summed E-state index contributed by atoms with van der Waals surface area (Å²) in [6.07, 6.45) is 0. The summed E-state index contributed by atoms with van der Waals surface area (Å²) in [5.41, 5.74) is 2.45. The molecule has 5 nitrogen and oxygen atoms in total. The van der Waals surface area contributed by atoms with Gasteiger partial charge in [-0.05, 0) is 36.4 Å². The number of amides is 1. The molecule has 0 aliphatic carbocycles. The number of rotatable bonds is 6. The van der Waals surface area contributed by atoms with Crippen LogP contribution in [0.3, 0.4) is 0 Å². The van der Waals surface area contributed by atoms with E-state index >= 15 is 0 Å². The zero-order valence-electron chi connectivity index (χ0n) is 15.3. The van der Waals surface area contributed by atoms with Crippen molar-refractivity contribution in [2.75, 3.05) is 11.1 Å². The molecule has 0 radical (unpaired) electrons. The topological polar surface area (TPSA) is 59.8 Å². The lowest BCUT2D eigenvalue weighted by Gasteiger charge is -2.11. The average molecular weight is 421 g/mol. The summed E-state index contributed by atoms with van der Waals surface area (Å²) in [4.78, 5) is 12.4. The Kier molecular flexibility index (Phi) is 5.93. The Morgan fingerprint density at radius 2 is 1.55 bits per heavy atom. The van der Waals surface area contributed by atoms with Crippen LogP contribution in [-0.4, -0.2) is 26.4 Å². The van der Waals surface area contributed by atoms with E-state index in [9.17, 15) is 4.79 Å². The Bertz CT molecular complexity index is 1120. The highest BCUT2D eigenvalue weighted by atomic mass is 35.5. The van der Waals surface area contributed by atoms with Crippen LogP contribution < -0.4 is 5.32 Å². The fraction of sp³-hybridized carbons (Fsp3) is 0.0455. The highest BCUT2D eigenvalue weighted by Crippen LogP contribution is 2.31. The van der Waals surface area contributed by atoms with E-state index in [1.165, 1.54) is 11.8 Å². The molecule has 1 N–H and O–H groups in total. The van der Waals surface area contributed by atoms with E-state index in [1.807, 2.05) is 89.5 Å². The quantitative estimate of drug-likeness (QED) is 0.429. The number of nitrogens with one attached hydrogen (secondary N) is 1. The molecule has 0 spiro atoms. The second-order valence-corrected chi connectivity index (χ2v) is 7.51. The summed E-state index contributed by atoms with van der Waals surface area (Å²) >= 11 is 7.72. The van der Waals surface area contributed by atoms with E-state index in [0.717, 1.165) is 16.9 Å². The molecule has 0 saturated heterocycles. The van der Waals surface area contributed by atoms with Crippen molar-refractivity contribution in [1.29, 1.82) is 0 Å². The number of hydrogen-bond acceptors (Lipinski definition) is 4. The lowest BCUT2D eigenvalue weighted by Crippen LogP contribution is -2.14. The van der Waals surface area contributed by atoms with Crippen molar-refractivity contribution in [3.05, 3.63) is 90.0 Å². The highest BCUT2D eigenvalue weighted by molar-refractivity contribution is 7.99. The summed E-state index contributed by atoms with van der Waals surface area (Å²) in [7, 11) is 0. The molecule has 1 heterocycles. The third-order valence-corrected chi connectivity index (χ3v) is 5.41. The molecule has 0 atom stereocenters. The van der Waals surface area contributed by atoms with E-state index in [-0.39, 0.29) is 11.7 Å². The van der Waals surface area contributed by atoms with Gasteiger partial charge in [-0.3, -0.25) is 9.36 Å². The largest absolute Gasteiger partial charge is 0.325 e. The first-order chi connectivity index (χ1) is 14.2. The van der Waals surface area contributed by atoms with Crippen LogP contribution in [0, 0.1) is 0 Å². The predicted molar refractivity (Wildman–Crippen MR) is 118 cm³/mol. The number of carbonyl (C=O) groups excluding carboxylic acids is 1. The van der Waals surface area contributed by atoms with Crippen LogP contribution in [0.1, 0.15) is 0 Å². The third kappa shape index (κ3) is 4.50. The van der Waals surface area contributed by atoms with Gasteiger partial charge in [-0.1, -0.05) is 71.9 Å². The molecule has 0 bridgehead atoms. The molecular formula is C22H17ClN4OS. The highest BCUT2D eigenvalue weighted by Gasteiger charge is 2.18. The average Bonchev–Trinajstić information content (AvgIpc) is 3.18. The third-order valence-electron chi connectivity index (χ3n) is 4.15. The number of aromatic nitrogens is 3. The number of para-hydroxylation sites is 2. The summed E-state index contributed by atoms with van der Waals surface area (Å²) in [6.45, 7) is 0. The fourth-order valence-corrected chi connectivity index (χ4v) is 3.81. The van der Waals surface area contributed by atoms with E-state index in [0.29, 0.717) is 16.0 Å². The van der Waals surface area contributed by atoms with Crippen molar-refractivity contribution in [3.8, 4) is 17.1 Å². The second-order valence-electron chi connectivity index (χ2n) is 6.16. The maximum absolute atomic E-state index is 12.4. The van der Waals surface area contributed by atoms with Gasteiger partial charge >= 0.3 is 0 Å². The molecule has 4 aromatic rings. The Morgan fingerprint density at radius 1 is 0.897 bits per heavy atom. The van der Waals surface area contributed by atoms with Gasteiger partial charge in [0.25, 0.3) is 0 Å². The van der Waals surface area contributed by atoms with Crippen molar-refractivity contribution in [1.82, 2.24) is 14.8 Å². The molecular weight excluding hydrogens is 404 g/mol. The number of carbonyl (C=O) groups is 1. The smallest absolute Gasteiger partial charge is 0.234 e. The van der Waals surface area contributed by atoms with Crippen LogP contribution in [-0.2, 0) is 4.79 Å². The Labute approximate surface area is 177 Å². The van der Waals surface area contributed by atoms with Crippen LogP contribution in [0.25, 0.3) is 17.1 Å². The molecule has 1 aromatic heterocycles. The van der Waals surface area contributed by atoms with Gasteiger partial charge in [-0.15, -0.1) is 10.2 Å². The van der Waals surface area contributed by atoms with Crippen molar-refractivity contribution >= 4 is 35.0 Å². The van der Waals surface area contributed by atoms with Crippen molar-refractivity contribution in [3.63, 3.8) is 0 Å². The van der Waals surface area contributed by atoms with Crippen molar-refractivity contribution in [2.24, 2.45) is 0 Å². The standard InChI is InChI=1S/C22H17ClN4OS/c23-19-14-8-7-13-18(19)21-25-26-22(27(21)17-11-5-2-6-12-17)29-15-20(28)24-16-9-3-1-4-10-16/h1-14H,15H2,(H,24,28). The zero-order valence-corrected chi connectivity index (χ0v) is 16.9. The first-order valence-electron chi connectivity index (χ1n) is 8.96. The van der Waals surface area contributed by atoms with Gasteiger partial charge in [0, 0.05) is 16.9 Å². The minimum atomic E-state index is -0.108. The predicted octanol–water partition coefficient (Wildman–Crippen LogP) is 5.32. The number of benzene rings is 3. The molecule has 0 saturated carbocycles. The molecule has 0 aliphatic rings. The van der Waals surface area contributed by atoms with Gasteiger partial charge < -0.3 is 5.32 Å². The molecule has 0 aliphatic heterocycles. The lowest BCUT2D eigenvalue weighted by atomic mass is 10.2. The van der Waals surface area contributed by atoms with Gasteiger partial charge in [0.15, 0.2) is 11.0 Å². The van der Waals surface area contributed by atoms with Crippen LogP contribution in [0.2, 0.25) is 5.02 Å². The first kappa shape index (κ1) is 19.2. The maximum Gasteiger partial charge on any atom is 0.234 e. The van der Waals surface area contributed by atoms with E-state index in [4.69, 9.17) is 11.6 Å². The SMILES string of the molecule is O=C(CSc1nnc(-c2ccccc2Cl)n1-c1ccccc1)Nc1ccccc1. The maximum atomic E-state index is 12.4. The minimum absolute atomic E-state index is 0.108. The molecule has 0 fully saturated rings. The number of anilines is 1. The summed E-state index contributed by atoms with van der Waals surface area (Å²) in [5, 5.41) is 12.8. The number of thioether (sulfide) groups is 1. The van der Waals surface area contributed by atoms with Crippen LogP contribution in [0.15, 0.2) is 90.1 Å². The Balaban J connectivity index is 1.62. The number of nitrogens with zero attached hydrogens (tertiary/aromatic N) is 3. The summed E-state index contributed by atoms with van der Waals surface area (Å²) < 4.78 is 1.92. The second kappa shape index (κ2) is 8.94. The zero-order chi connectivity index (χ0) is 20.1. The molecule has 144 valence electrons. The normalized spacial score (nSPS) is 10.7. The van der Waals surface area contributed by atoms with Gasteiger partial charge in [0.1, 0.15) is 0 Å². The van der Waals surface area contributed by atoms with E-state index in [1.54, 1.807) is 0 Å². The van der Waals surface area contributed by atoms with Crippen LogP contribution in [0.4, 0.5) is 5.69 Å². The first-order valence-corrected chi connectivity index (χ1v) is 10.3. The van der Waals surface area contributed by atoms with Crippen molar-refractivity contribution in [2.45, 2.75) is 5.16 Å².